The number of piperidine rings is 1. The molecule has 2 aromatic rings. The Bertz CT molecular complexity index is 723. The highest BCUT2D eigenvalue weighted by Gasteiger charge is 2.23. The molecule has 0 spiro atoms. The second-order valence-corrected chi connectivity index (χ2v) is 5.66. The van der Waals surface area contributed by atoms with E-state index in [0.29, 0.717) is 43.2 Å². The van der Waals surface area contributed by atoms with E-state index >= 15 is 0 Å². The summed E-state index contributed by atoms with van der Waals surface area (Å²) < 4.78 is 11.4. The van der Waals surface area contributed by atoms with Gasteiger partial charge in [0, 0.05) is 43.6 Å². The van der Waals surface area contributed by atoms with E-state index in [1.807, 2.05) is 18.2 Å². The van der Waals surface area contributed by atoms with Crippen molar-refractivity contribution in [2.24, 2.45) is 0 Å². The fourth-order valence-electron chi connectivity index (χ4n) is 2.80. The fourth-order valence-corrected chi connectivity index (χ4v) is 2.80. The molecule has 8 nitrogen and oxygen atoms in total. The highest BCUT2D eigenvalue weighted by atomic mass is 16.5. The third-order valence-corrected chi connectivity index (χ3v) is 4.08. The van der Waals surface area contributed by atoms with Gasteiger partial charge in [-0.3, -0.25) is 5.10 Å². The first kappa shape index (κ1) is 16.0. The number of carboxylic acid groups (broad SMARTS) is 1. The summed E-state index contributed by atoms with van der Waals surface area (Å²) in [7, 11) is 1.59. The van der Waals surface area contributed by atoms with Crippen molar-refractivity contribution >= 4 is 11.9 Å². The smallest absolute Gasteiger partial charge is 0.407 e. The van der Waals surface area contributed by atoms with E-state index in [1.54, 1.807) is 13.2 Å². The summed E-state index contributed by atoms with van der Waals surface area (Å²) in [5.41, 5.74) is 7.25. The van der Waals surface area contributed by atoms with E-state index in [-0.39, 0.29) is 6.10 Å². The molecule has 0 atom stereocenters. The SMILES string of the molecule is COc1cc(OC2CCN(C(=O)O)CC2)ccc1-c1cc(N)n[nH]1. The summed E-state index contributed by atoms with van der Waals surface area (Å²) in [4.78, 5) is 12.3. The molecule has 0 aliphatic carbocycles. The molecule has 1 saturated heterocycles. The van der Waals surface area contributed by atoms with Gasteiger partial charge in [0.25, 0.3) is 0 Å². The second-order valence-electron chi connectivity index (χ2n) is 5.66. The number of aromatic nitrogens is 2. The Kier molecular flexibility index (Phi) is 4.45. The van der Waals surface area contributed by atoms with E-state index in [9.17, 15) is 4.79 Å². The number of benzene rings is 1. The Morgan fingerprint density at radius 3 is 2.71 bits per heavy atom. The quantitative estimate of drug-likeness (QED) is 0.791. The van der Waals surface area contributed by atoms with Gasteiger partial charge in [0.05, 0.1) is 12.8 Å². The number of nitrogens with two attached hydrogens (primary N) is 1. The van der Waals surface area contributed by atoms with Crippen molar-refractivity contribution in [1.82, 2.24) is 15.1 Å². The summed E-state index contributed by atoms with van der Waals surface area (Å²) in [5.74, 6) is 1.76. The molecule has 1 aliphatic heterocycles. The molecule has 2 heterocycles. The number of rotatable bonds is 4. The van der Waals surface area contributed by atoms with Crippen LogP contribution in [-0.2, 0) is 0 Å². The van der Waals surface area contributed by atoms with Crippen LogP contribution >= 0.6 is 0 Å². The first-order chi connectivity index (χ1) is 11.6. The van der Waals surface area contributed by atoms with Gasteiger partial charge in [0.1, 0.15) is 23.4 Å². The number of aromatic amines is 1. The molecular weight excluding hydrogens is 312 g/mol. The first-order valence-electron chi connectivity index (χ1n) is 7.70. The highest BCUT2D eigenvalue weighted by Crippen LogP contribution is 2.33. The zero-order chi connectivity index (χ0) is 17.1. The zero-order valence-electron chi connectivity index (χ0n) is 13.4. The molecule has 0 radical (unpaired) electrons. The Labute approximate surface area is 139 Å². The lowest BCUT2D eigenvalue weighted by molar-refractivity contribution is 0.0894. The van der Waals surface area contributed by atoms with Crippen LogP contribution in [0, 0.1) is 0 Å². The van der Waals surface area contributed by atoms with Crippen LogP contribution in [0.25, 0.3) is 11.3 Å². The van der Waals surface area contributed by atoms with Crippen LogP contribution in [-0.4, -0.2) is 52.6 Å². The fraction of sp³-hybridized carbons (Fsp3) is 0.375. The number of methoxy groups -OCH3 is 1. The molecule has 1 amide bonds. The van der Waals surface area contributed by atoms with Gasteiger partial charge in [-0.2, -0.15) is 5.10 Å². The van der Waals surface area contributed by atoms with Gasteiger partial charge in [-0.25, -0.2) is 4.79 Å². The third kappa shape index (κ3) is 3.37. The van der Waals surface area contributed by atoms with Crippen LogP contribution in [0.2, 0.25) is 0 Å². The van der Waals surface area contributed by atoms with Crippen molar-refractivity contribution in [2.45, 2.75) is 18.9 Å². The molecule has 128 valence electrons. The van der Waals surface area contributed by atoms with Gasteiger partial charge >= 0.3 is 6.09 Å². The number of nitrogen functional groups attached to an aromatic ring is 1. The number of amides is 1. The van der Waals surface area contributed by atoms with E-state index in [1.165, 1.54) is 4.90 Å². The minimum absolute atomic E-state index is 0.000968. The maximum Gasteiger partial charge on any atom is 0.407 e. The van der Waals surface area contributed by atoms with E-state index in [0.717, 1.165) is 11.3 Å². The number of ether oxygens (including phenoxy) is 2. The topological polar surface area (TPSA) is 114 Å². The number of carbonyl (C=O) groups is 1. The van der Waals surface area contributed by atoms with E-state index in [2.05, 4.69) is 10.2 Å². The number of nitrogens with one attached hydrogen (secondary N) is 1. The van der Waals surface area contributed by atoms with Crippen LogP contribution in [0.15, 0.2) is 24.3 Å². The van der Waals surface area contributed by atoms with Crippen LogP contribution in [0.4, 0.5) is 10.6 Å². The summed E-state index contributed by atoms with van der Waals surface area (Å²) in [6.45, 7) is 0.977. The largest absolute Gasteiger partial charge is 0.496 e. The Morgan fingerprint density at radius 1 is 1.38 bits per heavy atom. The standard InChI is InChI=1S/C16H20N4O4/c1-23-14-8-11(2-3-12(14)13-9-15(17)19-18-13)24-10-4-6-20(7-5-10)16(21)22/h2-3,8-10H,4-7H2,1H3,(H,21,22)(H3,17,18,19). The number of anilines is 1. The Morgan fingerprint density at radius 2 is 2.12 bits per heavy atom. The number of H-pyrrole nitrogens is 1. The number of likely N-dealkylation sites (tertiary alicyclic amines) is 1. The summed E-state index contributed by atoms with van der Waals surface area (Å²) in [5, 5.41) is 15.7. The molecule has 0 saturated carbocycles. The zero-order valence-corrected chi connectivity index (χ0v) is 13.4. The second kappa shape index (κ2) is 6.69. The molecular formula is C16H20N4O4. The lowest BCUT2D eigenvalue weighted by Crippen LogP contribution is -2.41. The van der Waals surface area contributed by atoms with Crippen molar-refractivity contribution in [1.29, 1.82) is 0 Å². The molecule has 1 aliphatic rings. The Hall–Kier alpha value is -2.90. The average molecular weight is 332 g/mol. The molecule has 3 rings (SSSR count). The minimum Gasteiger partial charge on any atom is -0.496 e. The molecule has 4 N–H and O–H groups in total. The molecule has 0 bridgehead atoms. The summed E-state index contributed by atoms with van der Waals surface area (Å²) in [6, 6.07) is 7.29. The lowest BCUT2D eigenvalue weighted by atomic mass is 10.1. The molecule has 1 aromatic heterocycles. The third-order valence-electron chi connectivity index (χ3n) is 4.08. The van der Waals surface area contributed by atoms with Gasteiger partial charge in [0.2, 0.25) is 0 Å². The molecule has 24 heavy (non-hydrogen) atoms. The van der Waals surface area contributed by atoms with Crippen molar-refractivity contribution in [3.05, 3.63) is 24.3 Å². The maximum absolute atomic E-state index is 10.9. The molecule has 8 heteroatoms. The predicted octanol–water partition coefficient (Wildman–Crippen LogP) is 2.19. The van der Waals surface area contributed by atoms with Gasteiger partial charge < -0.3 is 25.2 Å². The van der Waals surface area contributed by atoms with Crippen molar-refractivity contribution in [2.75, 3.05) is 25.9 Å². The van der Waals surface area contributed by atoms with Gasteiger partial charge in [-0.05, 0) is 12.1 Å². The van der Waals surface area contributed by atoms with Crippen LogP contribution in [0.1, 0.15) is 12.8 Å². The number of hydrogen-bond acceptors (Lipinski definition) is 5. The van der Waals surface area contributed by atoms with E-state index in [4.69, 9.17) is 20.3 Å². The minimum atomic E-state index is -0.877. The highest BCUT2D eigenvalue weighted by molar-refractivity contribution is 5.70. The van der Waals surface area contributed by atoms with Crippen LogP contribution in [0.3, 0.4) is 0 Å². The molecule has 1 fully saturated rings. The normalized spacial score (nSPS) is 15.3. The van der Waals surface area contributed by atoms with Gasteiger partial charge in [0.15, 0.2) is 0 Å². The van der Waals surface area contributed by atoms with Crippen molar-refractivity contribution in [3.63, 3.8) is 0 Å². The monoisotopic (exact) mass is 332 g/mol. The Balaban J connectivity index is 1.70. The van der Waals surface area contributed by atoms with Crippen LogP contribution < -0.4 is 15.2 Å². The predicted molar refractivity (Wildman–Crippen MR) is 88.2 cm³/mol. The summed E-state index contributed by atoms with van der Waals surface area (Å²) >= 11 is 0. The first-order valence-corrected chi connectivity index (χ1v) is 7.70. The van der Waals surface area contributed by atoms with Gasteiger partial charge in [-0.15, -0.1) is 0 Å². The lowest BCUT2D eigenvalue weighted by Gasteiger charge is -2.30. The van der Waals surface area contributed by atoms with Crippen molar-refractivity contribution < 1.29 is 19.4 Å². The number of hydrogen-bond donors (Lipinski definition) is 3. The summed E-state index contributed by atoms with van der Waals surface area (Å²) in [6.07, 6.45) is 0.471. The molecule has 0 unspecified atom stereocenters. The molecule has 1 aromatic carbocycles. The van der Waals surface area contributed by atoms with Crippen LogP contribution in [0.5, 0.6) is 11.5 Å². The van der Waals surface area contributed by atoms with Gasteiger partial charge in [-0.1, -0.05) is 0 Å². The van der Waals surface area contributed by atoms with E-state index < -0.39 is 6.09 Å². The van der Waals surface area contributed by atoms with Crippen molar-refractivity contribution in [3.8, 4) is 22.8 Å². The average Bonchev–Trinajstić information content (AvgIpc) is 3.01. The number of nitrogens with zero attached hydrogens (tertiary/aromatic N) is 2. The maximum atomic E-state index is 10.9.